The van der Waals surface area contributed by atoms with Gasteiger partial charge in [0.2, 0.25) is 0 Å². The third-order valence-electron chi connectivity index (χ3n) is 3.10. The van der Waals surface area contributed by atoms with E-state index in [2.05, 4.69) is 0 Å². The van der Waals surface area contributed by atoms with Crippen LogP contribution in [0.1, 0.15) is 24.4 Å². The fraction of sp³-hybridized carbons (Fsp3) is 0.417. The van der Waals surface area contributed by atoms with Crippen LogP contribution < -0.4 is 0 Å². The van der Waals surface area contributed by atoms with Crippen molar-refractivity contribution < 1.29 is 27.5 Å². The van der Waals surface area contributed by atoms with Crippen LogP contribution in [0.25, 0.3) is 0 Å². The first kappa shape index (κ1) is 13.6. The van der Waals surface area contributed by atoms with Gasteiger partial charge in [0.1, 0.15) is 11.6 Å². The zero-order chi connectivity index (χ0) is 14.2. The molecule has 0 radical (unpaired) electrons. The Morgan fingerprint density at radius 3 is 2.68 bits per heavy atom. The van der Waals surface area contributed by atoms with E-state index in [0.29, 0.717) is 11.3 Å². The number of carbonyl (C=O) groups excluding carboxylic acids is 1. The molecule has 1 amide bonds. The minimum atomic E-state index is -4.97. The summed E-state index contributed by atoms with van der Waals surface area (Å²) in [6.45, 7) is -0.0566. The summed E-state index contributed by atoms with van der Waals surface area (Å²) in [6.07, 6.45) is -4.33. The van der Waals surface area contributed by atoms with Crippen LogP contribution >= 0.6 is 0 Å². The Labute approximate surface area is 106 Å². The Hall–Kier alpha value is -1.79. The quantitative estimate of drug-likeness (QED) is 0.802. The second-order valence-electron chi connectivity index (χ2n) is 4.36. The number of phenolic OH excluding ortho intramolecular Hbond substituents is 1. The van der Waals surface area contributed by atoms with Crippen LogP contribution in [0.5, 0.6) is 5.75 Å². The number of carbonyl (C=O) groups is 1. The zero-order valence-corrected chi connectivity index (χ0v) is 9.75. The average Bonchev–Trinajstić information content (AvgIpc) is 2.78. The molecule has 0 saturated carbocycles. The van der Waals surface area contributed by atoms with Crippen LogP contribution in [0.3, 0.4) is 0 Å². The van der Waals surface area contributed by atoms with Crippen molar-refractivity contribution >= 4 is 5.91 Å². The van der Waals surface area contributed by atoms with Gasteiger partial charge in [0.05, 0.1) is 6.04 Å². The van der Waals surface area contributed by atoms with Crippen molar-refractivity contribution in [1.82, 2.24) is 4.90 Å². The topological polar surface area (TPSA) is 40.5 Å². The van der Waals surface area contributed by atoms with Crippen LogP contribution in [0.2, 0.25) is 0 Å². The van der Waals surface area contributed by atoms with Gasteiger partial charge in [-0.15, -0.1) is 0 Å². The minimum Gasteiger partial charge on any atom is -0.508 e. The molecule has 3 nitrogen and oxygen atoms in total. The van der Waals surface area contributed by atoms with Gasteiger partial charge >= 0.3 is 12.1 Å². The summed E-state index contributed by atoms with van der Waals surface area (Å²) in [6, 6.07) is 2.09. The van der Waals surface area contributed by atoms with Crippen molar-refractivity contribution in [2.45, 2.75) is 25.1 Å². The fourth-order valence-electron chi connectivity index (χ4n) is 2.29. The number of hydrogen-bond acceptors (Lipinski definition) is 2. The Balaban J connectivity index is 2.33. The summed E-state index contributed by atoms with van der Waals surface area (Å²) in [4.78, 5) is 11.9. The summed E-state index contributed by atoms with van der Waals surface area (Å²) in [5, 5.41) is 9.61. The molecule has 0 spiro atoms. The molecule has 1 heterocycles. The first-order valence-electron chi connectivity index (χ1n) is 5.67. The zero-order valence-electron chi connectivity index (χ0n) is 9.75. The monoisotopic (exact) mass is 277 g/mol. The van der Waals surface area contributed by atoms with Gasteiger partial charge in [-0.25, -0.2) is 4.39 Å². The minimum absolute atomic E-state index is 0.00935. The largest absolute Gasteiger partial charge is 0.508 e. The molecule has 1 aliphatic rings. The average molecular weight is 277 g/mol. The van der Waals surface area contributed by atoms with Crippen LogP contribution in [-0.4, -0.2) is 28.6 Å². The summed E-state index contributed by atoms with van der Waals surface area (Å²) >= 11 is 0. The Morgan fingerprint density at radius 1 is 1.37 bits per heavy atom. The first-order valence-corrected chi connectivity index (χ1v) is 5.67. The number of halogens is 4. The Morgan fingerprint density at radius 2 is 2.05 bits per heavy atom. The third kappa shape index (κ3) is 2.64. The van der Waals surface area contributed by atoms with E-state index in [9.17, 15) is 27.5 Å². The molecular weight excluding hydrogens is 266 g/mol. The molecule has 2 rings (SSSR count). The van der Waals surface area contributed by atoms with Crippen molar-refractivity contribution in [3.05, 3.63) is 29.6 Å². The first-order chi connectivity index (χ1) is 8.80. The molecule has 104 valence electrons. The number of hydrogen-bond donors (Lipinski definition) is 1. The van der Waals surface area contributed by atoms with Crippen LogP contribution in [0, 0.1) is 5.82 Å². The molecule has 1 unspecified atom stereocenters. The molecule has 1 aliphatic heterocycles. The summed E-state index contributed by atoms with van der Waals surface area (Å²) in [5.74, 6) is -2.94. The molecule has 1 N–H and O–H groups in total. The van der Waals surface area contributed by atoms with Gasteiger partial charge in [-0.05, 0) is 31.0 Å². The number of amides is 1. The van der Waals surface area contributed by atoms with E-state index in [4.69, 9.17) is 0 Å². The van der Waals surface area contributed by atoms with Gasteiger partial charge in [0.15, 0.2) is 0 Å². The molecule has 0 aromatic heterocycles. The van der Waals surface area contributed by atoms with Crippen molar-refractivity contribution in [3.63, 3.8) is 0 Å². The number of likely N-dealkylation sites (tertiary alicyclic amines) is 1. The van der Waals surface area contributed by atoms with Crippen molar-refractivity contribution in [3.8, 4) is 5.75 Å². The maximum absolute atomic E-state index is 13.1. The van der Waals surface area contributed by atoms with Crippen molar-refractivity contribution in [1.29, 1.82) is 0 Å². The van der Waals surface area contributed by atoms with Crippen molar-refractivity contribution in [2.75, 3.05) is 6.54 Å². The molecule has 0 bridgehead atoms. The van der Waals surface area contributed by atoms with Crippen LogP contribution in [0.4, 0.5) is 17.6 Å². The van der Waals surface area contributed by atoms with Crippen molar-refractivity contribution in [2.24, 2.45) is 0 Å². The SMILES string of the molecule is O=C(N1CCCC1c1cc(F)ccc1O)C(F)(F)F. The fourth-order valence-corrected chi connectivity index (χ4v) is 2.29. The third-order valence-corrected chi connectivity index (χ3v) is 3.10. The smallest absolute Gasteiger partial charge is 0.471 e. The van der Waals surface area contributed by atoms with Gasteiger partial charge in [-0.2, -0.15) is 13.2 Å². The molecule has 1 saturated heterocycles. The predicted octanol–water partition coefficient (Wildman–Crippen LogP) is 2.76. The lowest BCUT2D eigenvalue weighted by atomic mass is 10.0. The van der Waals surface area contributed by atoms with Gasteiger partial charge < -0.3 is 10.0 Å². The number of nitrogens with zero attached hydrogens (tertiary/aromatic N) is 1. The molecule has 1 fully saturated rings. The van der Waals surface area contributed by atoms with E-state index >= 15 is 0 Å². The van der Waals surface area contributed by atoms with Gasteiger partial charge in [0.25, 0.3) is 0 Å². The molecular formula is C12H11F4NO2. The molecule has 1 aromatic carbocycles. The highest BCUT2D eigenvalue weighted by Crippen LogP contribution is 2.38. The molecule has 1 atom stereocenters. The van der Waals surface area contributed by atoms with E-state index in [1.54, 1.807) is 0 Å². The van der Waals surface area contributed by atoms with E-state index in [1.807, 2.05) is 0 Å². The highest BCUT2D eigenvalue weighted by molar-refractivity contribution is 5.82. The summed E-state index contributed by atoms with van der Waals surface area (Å²) in [5.41, 5.74) is 0.00935. The van der Waals surface area contributed by atoms with Crippen LogP contribution in [-0.2, 0) is 4.79 Å². The van der Waals surface area contributed by atoms with E-state index < -0.39 is 23.9 Å². The lowest BCUT2D eigenvalue weighted by Crippen LogP contribution is -2.40. The highest BCUT2D eigenvalue weighted by Gasteiger charge is 2.46. The maximum Gasteiger partial charge on any atom is 0.471 e. The number of benzene rings is 1. The van der Waals surface area contributed by atoms with Gasteiger partial charge in [-0.3, -0.25) is 4.79 Å². The summed E-state index contributed by atoms with van der Waals surface area (Å²) in [7, 11) is 0. The maximum atomic E-state index is 13.1. The van der Waals surface area contributed by atoms with Gasteiger partial charge in [0, 0.05) is 12.1 Å². The number of aromatic hydroxyl groups is 1. The predicted molar refractivity (Wildman–Crippen MR) is 57.8 cm³/mol. The molecule has 0 aliphatic carbocycles. The highest BCUT2D eigenvalue weighted by atomic mass is 19.4. The number of rotatable bonds is 1. The summed E-state index contributed by atoms with van der Waals surface area (Å²) < 4.78 is 50.5. The lowest BCUT2D eigenvalue weighted by molar-refractivity contribution is -0.186. The standard InChI is InChI=1S/C12H11F4NO2/c13-7-3-4-10(18)8(6-7)9-2-1-5-17(9)11(19)12(14,15)16/h3-4,6,9,18H,1-2,5H2. The normalized spacial score (nSPS) is 19.8. The Kier molecular flexibility index (Phi) is 3.38. The van der Waals surface area contributed by atoms with E-state index in [-0.39, 0.29) is 24.3 Å². The second kappa shape index (κ2) is 4.71. The molecule has 7 heteroatoms. The molecule has 19 heavy (non-hydrogen) atoms. The second-order valence-corrected chi connectivity index (χ2v) is 4.36. The number of phenols is 1. The lowest BCUT2D eigenvalue weighted by Gasteiger charge is -2.26. The van der Waals surface area contributed by atoms with E-state index in [1.165, 1.54) is 0 Å². The molecule has 1 aromatic rings. The number of alkyl halides is 3. The van der Waals surface area contributed by atoms with Crippen LogP contribution in [0.15, 0.2) is 18.2 Å². The van der Waals surface area contributed by atoms with Gasteiger partial charge in [-0.1, -0.05) is 0 Å². The Bertz CT molecular complexity index is 501. The van der Waals surface area contributed by atoms with E-state index in [0.717, 1.165) is 18.2 Å².